The van der Waals surface area contributed by atoms with E-state index in [0.717, 1.165) is 12.4 Å². The quantitative estimate of drug-likeness (QED) is 0.577. The number of aromatic amines is 1. The van der Waals surface area contributed by atoms with E-state index in [-0.39, 0.29) is 11.9 Å². The Hall–Kier alpha value is -1.47. The van der Waals surface area contributed by atoms with Crippen molar-refractivity contribution in [3.8, 4) is 0 Å². The second-order valence-corrected chi connectivity index (χ2v) is 3.55. The maximum atomic E-state index is 11.6. The van der Waals surface area contributed by atoms with Crippen LogP contribution in [0.2, 0.25) is 0 Å². The first kappa shape index (κ1) is 11.0. The number of aromatic nitrogens is 3. The lowest BCUT2D eigenvalue weighted by atomic mass is 10.2. The standard InChI is InChI=1S/C9H15N5O2/c15-9(7-5-16-4-3-10-7)11-2-1-8-12-6-13-14-8/h6-7,10H,1-5H2,(H,11,15)(H,12,13,14). The van der Waals surface area contributed by atoms with Crippen LogP contribution in [0.25, 0.3) is 0 Å². The number of ether oxygens (including phenoxy) is 1. The van der Waals surface area contributed by atoms with Crippen molar-refractivity contribution in [1.82, 2.24) is 25.8 Å². The summed E-state index contributed by atoms with van der Waals surface area (Å²) in [7, 11) is 0. The minimum atomic E-state index is -0.233. The van der Waals surface area contributed by atoms with Gasteiger partial charge in [-0.1, -0.05) is 0 Å². The average Bonchev–Trinajstić information content (AvgIpc) is 2.83. The van der Waals surface area contributed by atoms with Gasteiger partial charge in [-0.15, -0.1) is 0 Å². The molecule has 1 unspecified atom stereocenters. The topological polar surface area (TPSA) is 91.9 Å². The van der Waals surface area contributed by atoms with Crippen molar-refractivity contribution in [2.24, 2.45) is 0 Å². The molecule has 1 amide bonds. The molecule has 0 radical (unpaired) electrons. The predicted molar refractivity (Wildman–Crippen MR) is 55.7 cm³/mol. The first-order valence-corrected chi connectivity index (χ1v) is 5.29. The van der Waals surface area contributed by atoms with Crippen LogP contribution in [0.15, 0.2) is 6.33 Å². The van der Waals surface area contributed by atoms with Crippen LogP contribution in [0.1, 0.15) is 5.82 Å². The van der Waals surface area contributed by atoms with Gasteiger partial charge < -0.3 is 15.4 Å². The van der Waals surface area contributed by atoms with E-state index >= 15 is 0 Å². The molecule has 0 aliphatic carbocycles. The van der Waals surface area contributed by atoms with Gasteiger partial charge in [-0.25, -0.2) is 4.98 Å². The molecule has 7 heteroatoms. The maximum absolute atomic E-state index is 11.6. The van der Waals surface area contributed by atoms with Crippen LogP contribution in [0.4, 0.5) is 0 Å². The highest BCUT2D eigenvalue weighted by Gasteiger charge is 2.20. The van der Waals surface area contributed by atoms with E-state index in [2.05, 4.69) is 25.8 Å². The van der Waals surface area contributed by atoms with Crippen LogP contribution in [-0.2, 0) is 16.0 Å². The number of hydrogen-bond acceptors (Lipinski definition) is 5. The van der Waals surface area contributed by atoms with Gasteiger partial charge in [0.2, 0.25) is 5.91 Å². The number of carbonyl (C=O) groups is 1. The highest BCUT2D eigenvalue weighted by Crippen LogP contribution is 1.93. The summed E-state index contributed by atoms with van der Waals surface area (Å²) in [6, 6.07) is -0.233. The Morgan fingerprint density at radius 1 is 1.69 bits per heavy atom. The number of amides is 1. The fraction of sp³-hybridized carbons (Fsp3) is 0.667. The van der Waals surface area contributed by atoms with E-state index in [4.69, 9.17) is 4.74 Å². The van der Waals surface area contributed by atoms with Crippen molar-refractivity contribution in [1.29, 1.82) is 0 Å². The normalized spacial score (nSPS) is 20.6. The Morgan fingerprint density at radius 3 is 3.31 bits per heavy atom. The molecule has 1 fully saturated rings. The van der Waals surface area contributed by atoms with Crippen molar-refractivity contribution < 1.29 is 9.53 Å². The molecule has 1 saturated heterocycles. The van der Waals surface area contributed by atoms with Crippen LogP contribution in [0.3, 0.4) is 0 Å². The summed E-state index contributed by atoms with van der Waals surface area (Å²) in [5, 5.41) is 12.4. The van der Waals surface area contributed by atoms with Crippen LogP contribution in [-0.4, -0.2) is 53.4 Å². The molecule has 1 aromatic rings. The second kappa shape index (κ2) is 5.57. The van der Waals surface area contributed by atoms with E-state index in [0.29, 0.717) is 26.2 Å². The number of morpholine rings is 1. The molecule has 7 nitrogen and oxygen atoms in total. The van der Waals surface area contributed by atoms with Crippen LogP contribution in [0, 0.1) is 0 Å². The third-order valence-corrected chi connectivity index (χ3v) is 2.36. The Bertz CT molecular complexity index is 321. The van der Waals surface area contributed by atoms with Gasteiger partial charge >= 0.3 is 0 Å². The molecule has 2 heterocycles. The molecule has 1 atom stereocenters. The van der Waals surface area contributed by atoms with Crippen LogP contribution < -0.4 is 10.6 Å². The van der Waals surface area contributed by atoms with Gasteiger partial charge in [0.25, 0.3) is 0 Å². The van der Waals surface area contributed by atoms with Gasteiger partial charge in [0.1, 0.15) is 18.2 Å². The van der Waals surface area contributed by atoms with Gasteiger partial charge in [0.15, 0.2) is 0 Å². The van der Waals surface area contributed by atoms with Crippen molar-refractivity contribution >= 4 is 5.91 Å². The third kappa shape index (κ3) is 3.01. The van der Waals surface area contributed by atoms with E-state index in [1.165, 1.54) is 6.33 Å². The Balaban J connectivity index is 1.67. The lowest BCUT2D eigenvalue weighted by molar-refractivity contribution is -0.125. The third-order valence-electron chi connectivity index (χ3n) is 2.36. The summed E-state index contributed by atoms with van der Waals surface area (Å²) in [6.07, 6.45) is 2.10. The summed E-state index contributed by atoms with van der Waals surface area (Å²) in [6.45, 7) is 2.38. The minimum absolute atomic E-state index is 0.0285. The highest BCUT2D eigenvalue weighted by atomic mass is 16.5. The summed E-state index contributed by atoms with van der Waals surface area (Å²) >= 11 is 0. The monoisotopic (exact) mass is 225 g/mol. The number of nitrogens with zero attached hydrogens (tertiary/aromatic N) is 2. The van der Waals surface area contributed by atoms with Crippen LogP contribution >= 0.6 is 0 Å². The molecule has 16 heavy (non-hydrogen) atoms. The van der Waals surface area contributed by atoms with E-state index in [1.807, 2.05) is 0 Å². The van der Waals surface area contributed by atoms with Crippen molar-refractivity contribution in [3.63, 3.8) is 0 Å². The first-order valence-electron chi connectivity index (χ1n) is 5.29. The maximum Gasteiger partial charge on any atom is 0.239 e. The SMILES string of the molecule is O=C(NCCc1ncn[nH]1)C1COCCN1. The Kier molecular flexibility index (Phi) is 3.84. The van der Waals surface area contributed by atoms with Crippen LogP contribution in [0.5, 0.6) is 0 Å². The zero-order chi connectivity index (χ0) is 11.2. The minimum Gasteiger partial charge on any atom is -0.378 e. The highest BCUT2D eigenvalue weighted by molar-refractivity contribution is 5.81. The molecule has 1 aliphatic rings. The lowest BCUT2D eigenvalue weighted by Crippen LogP contribution is -2.51. The molecule has 2 rings (SSSR count). The van der Waals surface area contributed by atoms with E-state index in [1.54, 1.807) is 0 Å². The van der Waals surface area contributed by atoms with Gasteiger partial charge in [0, 0.05) is 19.5 Å². The summed E-state index contributed by atoms with van der Waals surface area (Å²) in [5.74, 6) is 0.743. The van der Waals surface area contributed by atoms with Gasteiger partial charge in [-0.2, -0.15) is 5.10 Å². The molecule has 0 bridgehead atoms. The zero-order valence-electron chi connectivity index (χ0n) is 8.90. The summed E-state index contributed by atoms with van der Waals surface area (Å²) < 4.78 is 5.20. The van der Waals surface area contributed by atoms with Crippen molar-refractivity contribution in [2.45, 2.75) is 12.5 Å². The number of H-pyrrole nitrogens is 1. The smallest absolute Gasteiger partial charge is 0.239 e. The average molecular weight is 225 g/mol. The molecule has 0 spiro atoms. The van der Waals surface area contributed by atoms with Gasteiger partial charge in [0.05, 0.1) is 13.2 Å². The fourth-order valence-corrected chi connectivity index (χ4v) is 1.51. The molecule has 1 aromatic heterocycles. The first-order chi connectivity index (χ1) is 7.86. The molecular formula is C9H15N5O2. The van der Waals surface area contributed by atoms with Crippen molar-refractivity contribution in [3.05, 3.63) is 12.2 Å². The number of hydrogen-bond donors (Lipinski definition) is 3. The van der Waals surface area contributed by atoms with Gasteiger partial charge in [-0.05, 0) is 0 Å². The molecule has 0 aromatic carbocycles. The summed E-state index contributed by atoms with van der Waals surface area (Å²) in [5.41, 5.74) is 0. The van der Waals surface area contributed by atoms with E-state index in [9.17, 15) is 4.79 Å². The van der Waals surface area contributed by atoms with E-state index < -0.39 is 0 Å². The molecular weight excluding hydrogens is 210 g/mol. The molecule has 88 valence electrons. The number of nitrogens with one attached hydrogen (secondary N) is 3. The Morgan fingerprint density at radius 2 is 2.62 bits per heavy atom. The lowest BCUT2D eigenvalue weighted by Gasteiger charge is -2.22. The molecule has 0 saturated carbocycles. The van der Waals surface area contributed by atoms with Gasteiger partial charge in [-0.3, -0.25) is 9.89 Å². The Labute approximate surface area is 93.0 Å². The molecule has 1 aliphatic heterocycles. The number of rotatable bonds is 4. The van der Waals surface area contributed by atoms with Crippen molar-refractivity contribution in [2.75, 3.05) is 26.3 Å². The summed E-state index contributed by atoms with van der Waals surface area (Å²) in [4.78, 5) is 15.6. The zero-order valence-corrected chi connectivity index (χ0v) is 8.90. The fourth-order valence-electron chi connectivity index (χ4n) is 1.51. The second-order valence-electron chi connectivity index (χ2n) is 3.55. The molecule has 3 N–H and O–H groups in total. The predicted octanol–water partition coefficient (Wildman–Crippen LogP) is -1.55. The largest absolute Gasteiger partial charge is 0.378 e. The number of carbonyl (C=O) groups excluding carboxylic acids is 1.